The van der Waals surface area contributed by atoms with E-state index in [1.165, 1.54) is 17.3 Å². The van der Waals surface area contributed by atoms with E-state index in [9.17, 15) is 4.79 Å². The molecule has 0 unspecified atom stereocenters. The van der Waals surface area contributed by atoms with Gasteiger partial charge in [-0.3, -0.25) is 10.2 Å². The topological polar surface area (TPSA) is 71.8 Å². The second-order valence-electron chi connectivity index (χ2n) is 7.32. The minimum atomic E-state index is -0.485. The van der Waals surface area contributed by atoms with E-state index in [1.54, 1.807) is 4.68 Å². The van der Waals surface area contributed by atoms with Gasteiger partial charge in [0.2, 0.25) is 11.1 Å². The molecule has 0 bridgehead atoms. The molecule has 1 heterocycles. The average Bonchev–Trinajstić information content (AvgIpc) is 3.19. The highest BCUT2D eigenvalue weighted by molar-refractivity contribution is 7.98. The minimum absolute atomic E-state index is 0.182. The maximum atomic E-state index is 13.3. The quantitative estimate of drug-likeness (QED) is 0.301. The number of hydrogen-bond acceptors (Lipinski definition) is 5. The monoisotopic (exact) mass is 473 g/mol. The van der Waals surface area contributed by atoms with Crippen LogP contribution < -0.4 is 10.7 Å². The summed E-state index contributed by atoms with van der Waals surface area (Å²) in [6.45, 7) is 1.83. The molecule has 2 N–H and O–H groups in total. The number of thiocarbonyl (C=S) groups is 1. The number of aromatic nitrogens is 3. The zero-order valence-corrected chi connectivity index (χ0v) is 19.6. The Hall–Kier alpha value is -3.49. The van der Waals surface area contributed by atoms with Gasteiger partial charge in [-0.25, -0.2) is 4.68 Å². The first kappa shape index (κ1) is 22.7. The fourth-order valence-electron chi connectivity index (χ4n) is 3.39. The Balaban J connectivity index is 1.47. The van der Waals surface area contributed by atoms with E-state index < -0.39 is 5.92 Å². The van der Waals surface area contributed by atoms with Gasteiger partial charge in [0.15, 0.2) is 5.11 Å². The van der Waals surface area contributed by atoms with Crippen LogP contribution in [0.25, 0.3) is 0 Å². The van der Waals surface area contributed by atoms with Gasteiger partial charge in [-0.1, -0.05) is 103 Å². The van der Waals surface area contributed by atoms with Gasteiger partial charge in [-0.15, -0.1) is 10.2 Å². The molecule has 0 fully saturated rings. The number of nitrogens with one attached hydrogen (secondary N) is 2. The van der Waals surface area contributed by atoms with Crippen molar-refractivity contribution < 1.29 is 4.79 Å². The number of nitrogens with zero attached hydrogens (tertiary/aromatic N) is 3. The van der Waals surface area contributed by atoms with Gasteiger partial charge >= 0.3 is 0 Å². The van der Waals surface area contributed by atoms with Crippen LogP contribution in [0.15, 0.2) is 96.2 Å². The minimum Gasteiger partial charge on any atom is -0.301 e. The SMILES string of the molecule is Cc1nnc(SCc2ccccc2)n1NC(=S)NC(=O)C(c1ccccc1)c1ccccc1. The molecule has 3 aromatic carbocycles. The molecule has 1 aromatic heterocycles. The first-order valence-corrected chi connectivity index (χ1v) is 11.8. The number of amides is 1. The summed E-state index contributed by atoms with van der Waals surface area (Å²) in [5.74, 6) is 0.684. The van der Waals surface area contributed by atoms with Crippen molar-refractivity contribution in [2.45, 2.75) is 23.8 Å². The van der Waals surface area contributed by atoms with E-state index in [0.29, 0.717) is 11.0 Å². The molecule has 0 aliphatic rings. The molecule has 0 saturated heterocycles. The summed E-state index contributed by atoms with van der Waals surface area (Å²) in [6.07, 6.45) is 0. The first-order chi connectivity index (χ1) is 16.1. The number of carbonyl (C=O) groups excluding carboxylic acids is 1. The Morgan fingerprint density at radius 1 is 0.909 bits per heavy atom. The average molecular weight is 474 g/mol. The van der Waals surface area contributed by atoms with Crippen LogP contribution >= 0.6 is 24.0 Å². The van der Waals surface area contributed by atoms with Gasteiger partial charge in [-0.05, 0) is 35.8 Å². The maximum absolute atomic E-state index is 13.3. The van der Waals surface area contributed by atoms with E-state index >= 15 is 0 Å². The van der Waals surface area contributed by atoms with Crippen molar-refractivity contribution in [2.75, 3.05) is 5.43 Å². The summed E-state index contributed by atoms with van der Waals surface area (Å²) in [5.41, 5.74) is 6.02. The fourth-order valence-corrected chi connectivity index (χ4v) is 4.47. The molecule has 4 aromatic rings. The van der Waals surface area contributed by atoms with Crippen LogP contribution in [-0.2, 0) is 10.5 Å². The predicted molar refractivity (Wildman–Crippen MR) is 136 cm³/mol. The van der Waals surface area contributed by atoms with Gasteiger partial charge in [0.05, 0.1) is 5.92 Å². The number of hydrogen-bond donors (Lipinski definition) is 2. The lowest BCUT2D eigenvalue weighted by Gasteiger charge is -2.19. The third kappa shape index (κ3) is 5.85. The Labute approximate surface area is 202 Å². The Bertz CT molecular complexity index is 1170. The molecule has 4 rings (SSSR count). The van der Waals surface area contributed by atoms with Crippen LogP contribution in [0, 0.1) is 6.92 Å². The Morgan fingerprint density at radius 2 is 1.45 bits per heavy atom. The van der Waals surface area contributed by atoms with Crippen LogP contribution in [0.4, 0.5) is 0 Å². The van der Waals surface area contributed by atoms with Gasteiger partial charge in [0.1, 0.15) is 5.82 Å². The normalized spacial score (nSPS) is 10.7. The standard InChI is InChI=1S/C25H23N5OS2/c1-18-27-28-25(33-17-19-11-5-2-6-12-19)30(18)29-24(32)26-23(31)22(20-13-7-3-8-14-20)21-15-9-4-10-16-21/h2-16,22H,17H2,1H3,(H2,26,29,31,32). The molecule has 0 atom stereocenters. The number of aryl methyl sites for hydroxylation is 1. The van der Waals surface area contributed by atoms with Gasteiger partial charge in [-0.2, -0.15) is 0 Å². The third-order valence-corrected chi connectivity index (χ3v) is 6.18. The zero-order valence-electron chi connectivity index (χ0n) is 18.0. The van der Waals surface area contributed by atoms with E-state index in [2.05, 4.69) is 33.1 Å². The summed E-state index contributed by atoms with van der Waals surface area (Å²) >= 11 is 7.00. The Kier molecular flexibility index (Phi) is 7.49. The van der Waals surface area contributed by atoms with Crippen molar-refractivity contribution in [3.05, 3.63) is 114 Å². The van der Waals surface area contributed by atoms with Gasteiger partial charge in [0, 0.05) is 5.75 Å². The Morgan fingerprint density at radius 3 is 2.03 bits per heavy atom. The van der Waals surface area contributed by atoms with Crippen molar-refractivity contribution in [1.82, 2.24) is 20.2 Å². The molecule has 33 heavy (non-hydrogen) atoms. The van der Waals surface area contributed by atoms with Crippen molar-refractivity contribution in [1.29, 1.82) is 0 Å². The summed E-state index contributed by atoms with van der Waals surface area (Å²) < 4.78 is 1.69. The summed E-state index contributed by atoms with van der Waals surface area (Å²) in [4.78, 5) is 13.3. The lowest BCUT2D eigenvalue weighted by Crippen LogP contribution is -2.41. The molecule has 1 amide bonds. The number of thioether (sulfide) groups is 1. The molecule has 0 spiro atoms. The smallest absolute Gasteiger partial charge is 0.238 e. The molecule has 0 radical (unpaired) electrons. The van der Waals surface area contributed by atoms with Crippen LogP contribution in [0.1, 0.15) is 28.4 Å². The second-order valence-corrected chi connectivity index (χ2v) is 8.67. The molecule has 0 aliphatic heterocycles. The number of benzene rings is 3. The largest absolute Gasteiger partial charge is 0.301 e. The maximum Gasteiger partial charge on any atom is 0.238 e. The second kappa shape index (κ2) is 10.9. The summed E-state index contributed by atoms with van der Waals surface area (Å²) in [5, 5.41) is 12.1. The molecule has 6 nitrogen and oxygen atoms in total. The molecule has 166 valence electrons. The van der Waals surface area contributed by atoms with Crippen LogP contribution in [0.5, 0.6) is 0 Å². The summed E-state index contributed by atoms with van der Waals surface area (Å²) in [7, 11) is 0. The molecular formula is C25H23N5OS2. The predicted octanol–water partition coefficient (Wildman–Crippen LogP) is 4.66. The lowest BCUT2D eigenvalue weighted by molar-refractivity contribution is -0.120. The molecule has 0 saturated carbocycles. The van der Waals surface area contributed by atoms with Crippen LogP contribution in [0.3, 0.4) is 0 Å². The van der Waals surface area contributed by atoms with E-state index in [1.807, 2.05) is 85.8 Å². The molecule has 0 aliphatic carbocycles. The number of carbonyl (C=O) groups is 1. The highest BCUT2D eigenvalue weighted by Gasteiger charge is 2.23. The highest BCUT2D eigenvalue weighted by Crippen LogP contribution is 2.25. The van der Waals surface area contributed by atoms with E-state index in [-0.39, 0.29) is 11.0 Å². The van der Waals surface area contributed by atoms with Crippen molar-refractivity contribution in [3.8, 4) is 0 Å². The zero-order chi connectivity index (χ0) is 23.0. The van der Waals surface area contributed by atoms with E-state index in [4.69, 9.17) is 12.2 Å². The van der Waals surface area contributed by atoms with E-state index in [0.717, 1.165) is 16.9 Å². The van der Waals surface area contributed by atoms with Gasteiger partial charge < -0.3 is 5.32 Å². The molecule has 8 heteroatoms. The van der Waals surface area contributed by atoms with Crippen molar-refractivity contribution in [3.63, 3.8) is 0 Å². The number of rotatable bonds is 7. The van der Waals surface area contributed by atoms with Gasteiger partial charge in [0.25, 0.3) is 0 Å². The fraction of sp³-hybridized carbons (Fsp3) is 0.120. The third-order valence-electron chi connectivity index (χ3n) is 4.98. The van der Waals surface area contributed by atoms with Crippen LogP contribution in [-0.4, -0.2) is 25.9 Å². The molecular weight excluding hydrogens is 450 g/mol. The van der Waals surface area contributed by atoms with Crippen molar-refractivity contribution in [2.24, 2.45) is 0 Å². The summed E-state index contributed by atoms with van der Waals surface area (Å²) in [6, 6.07) is 29.4. The highest BCUT2D eigenvalue weighted by atomic mass is 32.2. The first-order valence-electron chi connectivity index (χ1n) is 10.4. The van der Waals surface area contributed by atoms with Crippen molar-refractivity contribution >= 4 is 35.0 Å². The lowest BCUT2D eigenvalue weighted by atomic mass is 9.90. The van der Waals surface area contributed by atoms with Crippen LogP contribution in [0.2, 0.25) is 0 Å².